The summed E-state index contributed by atoms with van der Waals surface area (Å²) in [4.78, 5) is 22.6. The molecule has 1 unspecified atom stereocenters. The van der Waals surface area contributed by atoms with Gasteiger partial charge in [0.2, 0.25) is 0 Å². The normalized spacial score (nSPS) is 14.4. The lowest BCUT2D eigenvalue weighted by Gasteiger charge is -2.32. The molecule has 1 aliphatic rings. The van der Waals surface area contributed by atoms with Crippen LogP contribution >= 0.6 is 0 Å². The minimum atomic E-state index is -5.08. The standard InChI is InChI=1S/C33H33NO4.C2HF3O2/c35-33(36)19-28-23-38-32-20-30(16-17-31(28)32)37-24-29(18-25-10-4-1-5-11-25)34(21-26-12-6-2-7-13-26)22-27-14-8-3-9-15-27;3-2(4,5)1(6)7/h1-17,20,28-29H,18-19,21-24H2,(H,35,36);(H,6,7)/t28?,29-;/m0./s1. The maximum Gasteiger partial charge on any atom is 0.490 e. The van der Waals surface area contributed by atoms with Crippen molar-refractivity contribution < 1.29 is 42.4 Å². The van der Waals surface area contributed by atoms with Crippen LogP contribution in [0.25, 0.3) is 0 Å². The largest absolute Gasteiger partial charge is 0.492 e. The molecular weight excluding hydrogens is 587 g/mol. The Kier molecular flexibility index (Phi) is 11.6. The molecule has 4 aromatic rings. The molecule has 5 rings (SSSR count). The lowest BCUT2D eigenvalue weighted by atomic mass is 9.98. The van der Waals surface area contributed by atoms with E-state index in [1.165, 1.54) is 16.7 Å². The Morgan fingerprint density at radius 3 is 1.82 bits per heavy atom. The number of nitrogens with zero attached hydrogens (tertiary/aromatic N) is 1. The second-order valence-electron chi connectivity index (χ2n) is 10.6. The second kappa shape index (κ2) is 15.8. The third-order valence-corrected chi connectivity index (χ3v) is 7.26. The minimum absolute atomic E-state index is 0.0697. The minimum Gasteiger partial charge on any atom is -0.492 e. The number of halogens is 3. The molecule has 7 nitrogen and oxygen atoms in total. The molecule has 0 aliphatic carbocycles. The van der Waals surface area contributed by atoms with Gasteiger partial charge in [-0.25, -0.2) is 4.79 Å². The first kappa shape index (κ1) is 33.1. The average Bonchev–Trinajstić information content (AvgIpc) is 3.41. The molecule has 0 saturated heterocycles. The van der Waals surface area contributed by atoms with Gasteiger partial charge >= 0.3 is 18.1 Å². The van der Waals surface area contributed by atoms with E-state index in [2.05, 4.69) is 77.7 Å². The van der Waals surface area contributed by atoms with Crippen molar-refractivity contribution in [2.24, 2.45) is 0 Å². The van der Waals surface area contributed by atoms with E-state index < -0.39 is 18.1 Å². The van der Waals surface area contributed by atoms with E-state index in [0.29, 0.717) is 13.2 Å². The van der Waals surface area contributed by atoms with Crippen LogP contribution in [0, 0.1) is 0 Å². The Morgan fingerprint density at radius 2 is 1.33 bits per heavy atom. The average molecular weight is 622 g/mol. The summed E-state index contributed by atoms with van der Waals surface area (Å²) in [6.45, 7) is 2.51. The number of carboxylic acids is 2. The van der Waals surface area contributed by atoms with Crippen LogP contribution in [0.4, 0.5) is 13.2 Å². The number of rotatable bonds is 12. The molecule has 0 bridgehead atoms. The summed E-state index contributed by atoms with van der Waals surface area (Å²) in [5.74, 6) is -2.23. The second-order valence-corrected chi connectivity index (χ2v) is 10.6. The molecule has 0 saturated carbocycles. The lowest BCUT2D eigenvalue weighted by molar-refractivity contribution is -0.192. The van der Waals surface area contributed by atoms with Crippen LogP contribution < -0.4 is 9.47 Å². The van der Waals surface area contributed by atoms with Crippen molar-refractivity contribution in [2.75, 3.05) is 13.2 Å². The summed E-state index contributed by atoms with van der Waals surface area (Å²) in [6.07, 6.45) is -4.16. The molecular formula is C35H34F3NO6. The molecule has 236 valence electrons. The molecule has 0 fully saturated rings. The molecule has 45 heavy (non-hydrogen) atoms. The van der Waals surface area contributed by atoms with Crippen LogP contribution in [0.3, 0.4) is 0 Å². The highest BCUT2D eigenvalue weighted by Gasteiger charge is 2.38. The fraction of sp³-hybridized carbons (Fsp3) is 0.257. The SMILES string of the molecule is O=C(O)C(F)(F)F.O=C(O)CC1COc2cc(OC[C@H](Cc3ccccc3)N(Cc3ccccc3)Cc3ccccc3)ccc21. The van der Waals surface area contributed by atoms with Crippen molar-refractivity contribution in [1.82, 2.24) is 4.90 Å². The van der Waals surface area contributed by atoms with Crippen molar-refractivity contribution >= 4 is 11.9 Å². The number of hydrogen-bond donors (Lipinski definition) is 2. The van der Waals surface area contributed by atoms with Crippen LogP contribution in [0.1, 0.15) is 34.6 Å². The molecule has 1 aliphatic heterocycles. The van der Waals surface area contributed by atoms with Crippen LogP contribution in [0.15, 0.2) is 109 Å². The first-order valence-electron chi connectivity index (χ1n) is 14.4. The van der Waals surface area contributed by atoms with Gasteiger partial charge in [0.25, 0.3) is 0 Å². The van der Waals surface area contributed by atoms with E-state index in [4.69, 9.17) is 19.4 Å². The van der Waals surface area contributed by atoms with Crippen LogP contribution in [0.2, 0.25) is 0 Å². The summed E-state index contributed by atoms with van der Waals surface area (Å²) in [7, 11) is 0. The molecule has 10 heteroatoms. The van der Waals surface area contributed by atoms with Gasteiger partial charge in [-0.15, -0.1) is 0 Å². The fourth-order valence-electron chi connectivity index (χ4n) is 5.05. The monoisotopic (exact) mass is 621 g/mol. The van der Waals surface area contributed by atoms with Crippen molar-refractivity contribution in [3.05, 3.63) is 131 Å². The van der Waals surface area contributed by atoms with Gasteiger partial charge in [-0.05, 0) is 29.2 Å². The molecule has 0 aromatic heterocycles. The predicted molar refractivity (Wildman–Crippen MR) is 162 cm³/mol. The van der Waals surface area contributed by atoms with Gasteiger partial charge in [0.1, 0.15) is 18.1 Å². The van der Waals surface area contributed by atoms with E-state index in [-0.39, 0.29) is 18.4 Å². The van der Waals surface area contributed by atoms with Gasteiger partial charge in [0, 0.05) is 36.7 Å². The van der Waals surface area contributed by atoms with Gasteiger partial charge < -0.3 is 19.7 Å². The topological polar surface area (TPSA) is 96.3 Å². The Morgan fingerprint density at radius 1 is 0.822 bits per heavy atom. The highest BCUT2D eigenvalue weighted by molar-refractivity contribution is 5.73. The maximum absolute atomic E-state index is 11.2. The quantitative estimate of drug-likeness (QED) is 0.177. The Balaban J connectivity index is 0.000000591. The van der Waals surface area contributed by atoms with E-state index in [1.807, 2.05) is 36.4 Å². The Hall–Kier alpha value is -4.83. The Bertz CT molecular complexity index is 1480. The lowest BCUT2D eigenvalue weighted by Crippen LogP contribution is -2.40. The third-order valence-electron chi connectivity index (χ3n) is 7.26. The zero-order valence-electron chi connectivity index (χ0n) is 24.4. The highest BCUT2D eigenvalue weighted by Crippen LogP contribution is 2.38. The number of benzene rings is 4. The fourth-order valence-corrected chi connectivity index (χ4v) is 5.05. The summed E-state index contributed by atoms with van der Waals surface area (Å²) >= 11 is 0. The molecule has 1 heterocycles. The first-order chi connectivity index (χ1) is 21.6. The zero-order valence-corrected chi connectivity index (χ0v) is 24.4. The number of fused-ring (bicyclic) bond motifs is 1. The summed E-state index contributed by atoms with van der Waals surface area (Å²) in [5, 5.41) is 16.3. The number of carbonyl (C=O) groups is 2. The number of ether oxygens (including phenoxy) is 2. The van der Waals surface area contributed by atoms with Crippen LogP contribution in [-0.4, -0.2) is 52.5 Å². The van der Waals surface area contributed by atoms with Gasteiger partial charge in [-0.2, -0.15) is 13.2 Å². The van der Waals surface area contributed by atoms with E-state index in [9.17, 15) is 23.1 Å². The van der Waals surface area contributed by atoms with E-state index in [1.54, 1.807) is 0 Å². The Labute approximate surface area is 259 Å². The molecule has 0 spiro atoms. The maximum atomic E-state index is 11.2. The molecule has 2 N–H and O–H groups in total. The summed E-state index contributed by atoms with van der Waals surface area (Å²) < 4.78 is 43.9. The van der Waals surface area contributed by atoms with E-state index >= 15 is 0 Å². The highest BCUT2D eigenvalue weighted by atomic mass is 19.4. The number of alkyl halides is 3. The van der Waals surface area contributed by atoms with Crippen LogP contribution in [-0.2, 0) is 29.1 Å². The van der Waals surface area contributed by atoms with Crippen molar-refractivity contribution in [1.29, 1.82) is 0 Å². The van der Waals surface area contributed by atoms with Gasteiger partial charge in [0.05, 0.1) is 13.0 Å². The summed E-state index contributed by atoms with van der Waals surface area (Å²) in [6, 6.07) is 37.6. The van der Waals surface area contributed by atoms with Crippen molar-refractivity contribution in [2.45, 2.75) is 44.1 Å². The van der Waals surface area contributed by atoms with Crippen LogP contribution in [0.5, 0.6) is 11.5 Å². The van der Waals surface area contributed by atoms with Gasteiger partial charge in [-0.3, -0.25) is 9.69 Å². The molecule has 2 atom stereocenters. The first-order valence-corrected chi connectivity index (χ1v) is 14.4. The number of hydrogen-bond acceptors (Lipinski definition) is 5. The van der Waals surface area contributed by atoms with Gasteiger partial charge in [-0.1, -0.05) is 97.1 Å². The molecule has 0 amide bonds. The van der Waals surface area contributed by atoms with Crippen molar-refractivity contribution in [3.8, 4) is 11.5 Å². The van der Waals surface area contributed by atoms with Gasteiger partial charge in [0.15, 0.2) is 0 Å². The number of carboxylic acid groups (broad SMARTS) is 2. The third kappa shape index (κ3) is 10.4. The predicted octanol–water partition coefficient (Wildman–Crippen LogP) is 6.96. The molecule has 4 aromatic carbocycles. The smallest absolute Gasteiger partial charge is 0.490 e. The number of aliphatic carboxylic acids is 2. The van der Waals surface area contributed by atoms with E-state index in [0.717, 1.165) is 36.6 Å². The molecule has 0 radical (unpaired) electrons. The van der Waals surface area contributed by atoms with Crippen molar-refractivity contribution in [3.63, 3.8) is 0 Å². The summed E-state index contributed by atoms with van der Waals surface area (Å²) in [5.41, 5.74) is 4.73. The zero-order chi connectivity index (χ0) is 32.2.